The minimum absolute atomic E-state index is 0.117. The Bertz CT molecular complexity index is 447. The summed E-state index contributed by atoms with van der Waals surface area (Å²) in [5, 5.41) is 5.12. The molecule has 130 valence electrons. The molecule has 1 aliphatic rings. The van der Waals surface area contributed by atoms with Gasteiger partial charge < -0.3 is 4.90 Å². The average molecular weight is 334 g/mol. The van der Waals surface area contributed by atoms with Crippen LogP contribution in [0.4, 0.5) is 0 Å². The summed E-state index contributed by atoms with van der Waals surface area (Å²) >= 11 is 0. The second-order valence-electron chi connectivity index (χ2n) is 6.81. The van der Waals surface area contributed by atoms with Gasteiger partial charge in [0.2, 0.25) is 5.91 Å². The highest BCUT2D eigenvalue weighted by molar-refractivity contribution is 7.86. The van der Waals surface area contributed by atoms with Crippen LogP contribution in [-0.4, -0.2) is 74.2 Å². The van der Waals surface area contributed by atoms with Crippen molar-refractivity contribution < 1.29 is 13.2 Å². The Kier molecular flexibility index (Phi) is 7.24. The molecule has 1 aliphatic heterocycles. The Morgan fingerprint density at radius 2 is 1.50 bits per heavy atom. The van der Waals surface area contributed by atoms with Gasteiger partial charge in [-0.15, -0.1) is 0 Å². The zero-order chi connectivity index (χ0) is 16.9. The Morgan fingerprint density at radius 1 is 1.05 bits per heavy atom. The Morgan fingerprint density at radius 3 is 1.86 bits per heavy atom. The number of rotatable bonds is 7. The van der Waals surface area contributed by atoms with Crippen LogP contribution < -0.4 is 5.14 Å². The summed E-state index contributed by atoms with van der Waals surface area (Å²) in [4.78, 5) is 16.4. The molecule has 8 heteroatoms. The van der Waals surface area contributed by atoms with Crippen LogP contribution in [0, 0.1) is 11.8 Å². The van der Waals surface area contributed by atoms with E-state index in [0.717, 1.165) is 13.1 Å². The maximum atomic E-state index is 12.5. The van der Waals surface area contributed by atoms with E-state index in [1.165, 1.54) is 4.31 Å². The summed E-state index contributed by atoms with van der Waals surface area (Å²) in [5.41, 5.74) is 0. The first-order valence-corrected chi connectivity index (χ1v) is 9.38. The second-order valence-corrected chi connectivity index (χ2v) is 8.35. The summed E-state index contributed by atoms with van der Waals surface area (Å²) < 4.78 is 23.8. The van der Waals surface area contributed by atoms with Crippen LogP contribution in [0.15, 0.2) is 0 Å². The van der Waals surface area contributed by atoms with E-state index in [1.807, 2.05) is 9.80 Å². The van der Waals surface area contributed by atoms with Gasteiger partial charge in [-0.1, -0.05) is 27.7 Å². The first-order valence-electron chi connectivity index (χ1n) is 7.87. The molecule has 0 saturated carbocycles. The minimum Gasteiger partial charge on any atom is -0.341 e. The minimum atomic E-state index is -3.61. The van der Waals surface area contributed by atoms with Crippen molar-refractivity contribution >= 4 is 16.1 Å². The topological polar surface area (TPSA) is 86.9 Å². The zero-order valence-corrected chi connectivity index (χ0v) is 15.0. The van der Waals surface area contributed by atoms with Crippen molar-refractivity contribution in [2.24, 2.45) is 17.0 Å². The maximum Gasteiger partial charge on any atom is 0.276 e. The molecule has 0 spiro atoms. The van der Waals surface area contributed by atoms with Crippen molar-refractivity contribution in [1.82, 2.24) is 14.1 Å². The summed E-state index contributed by atoms with van der Waals surface area (Å²) in [5.74, 6) is 0.982. The van der Waals surface area contributed by atoms with Gasteiger partial charge in [0.1, 0.15) is 0 Å². The molecule has 0 atom stereocenters. The molecule has 22 heavy (non-hydrogen) atoms. The molecule has 1 amide bonds. The lowest BCUT2D eigenvalue weighted by atomic mass is 10.1. The van der Waals surface area contributed by atoms with Crippen molar-refractivity contribution in [3.05, 3.63) is 0 Å². The van der Waals surface area contributed by atoms with E-state index in [-0.39, 0.29) is 5.91 Å². The Hall–Kier alpha value is -0.700. The predicted octanol–water partition coefficient (Wildman–Crippen LogP) is -0.0519. The highest BCUT2D eigenvalue weighted by Crippen LogP contribution is 2.08. The average Bonchev–Trinajstić information content (AvgIpc) is 2.36. The largest absolute Gasteiger partial charge is 0.341 e. The van der Waals surface area contributed by atoms with Crippen LogP contribution in [0.1, 0.15) is 27.7 Å². The van der Waals surface area contributed by atoms with Crippen molar-refractivity contribution in [1.29, 1.82) is 0 Å². The van der Waals surface area contributed by atoms with Gasteiger partial charge in [0.05, 0.1) is 6.54 Å². The number of carbonyl (C=O) groups excluding carboxylic acids is 1. The molecule has 1 heterocycles. The van der Waals surface area contributed by atoms with E-state index < -0.39 is 10.2 Å². The Balaban J connectivity index is 2.52. The molecule has 0 aromatic heterocycles. The molecule has 2 N–H and O–H groups in total. The van der Waals surface area contributed by atoms with Gasteiger partial charge in [-0.2, -0.15) is 12.7 Å². The van der Waals surface area contributed by atoms with Gasteiger partial charge >= 0.3 is 0 Å². The molecule has 0 radical (unpaired) electrons. The fourth-order valence-electron chi connectivity index (χ4n) is 2.59. The molecular formula is C14H30N4O3S. The highest BCUT2D eigenvalue weighted by atomic mass is 32.2. The molecule has 7 nitrogen and oxygen atoms in total. The molecule has 0 aromatic carbocycles. The van der Waals surface area contributed by atoms with Gasteiger partial charge in [0.25, 0.3) is 10.2 Å². The van der Waals surface area contributed by atoms with Gasteiger partial charge in [-0.3, -0.25) is 9.69 Å². The van der Waals surface area contributed by atoms with Crippen LogP contribution in [-0.2, 0) is 15.0 Å². The fraction of sp³-hybridized carbons (Fsp3) is 0.929. The quantitative estimate of drug-likeness (QED) is 0.707. The maximum absolute atomic E-state index is 12.5. The van der Waals surface area contributed by atoms with Crippen molar-refractivity contribution in [2.75, 3.05) is 45.8 Å². The van der Waals surface area contributed by atoms with E-state index in [2.05, 4.69) is 27.7 Å². The van der Waals surface area contributed by atoms with Crippen LogP contribution in [0.3, 0.4) is 0 Å². The first kappa shape index (κ1) is 19.3. The number of hydrogen-bond donors (Lipinski definition) is 1. The smallest absolute Gasteiger partial charge is 0.276 e. The van der Waals surface area contributed by atoms with Crippen molar-refractivity contribution in [2.45, 2.75) is 27.7 Å². The van der Waals surface area contributed by atoms with E-state index >= 15 is 0 Å². The van der Waals surface area contributed by atoms with Crippen LogP contribution in [0.25, 0.3) is 0 Å². The number of nitrogens with zero attached hydrogens (tertiary/aromatic N) is 3. The third kappa shape index (κ3) is 6.60. The number of piperazine rings is 1. The van der Waals surface area contributed by atoms with Crippen LogP contribution in [0.5, 0.6) is 0 Å². The lowest BCUT2D eigenvalue weighted by Crippen LogP contribution is -2.53. The first-order chi connectivity index (χ1) is 10.1. The number of amides is 1. The van der Waals surface area contributed by atoms with Crippen molar-refractivity contribution in [3.8, 4) is 0 Å². The number of hydrogen-bond acceptors (Lipinski definition) is 4. The summed E-state index contributed by atoms with van der Waals surface area (Å²) in [7, 11) is -3.61. The predicted molar refractivity (Wildman–Crippen MR) is 87.4 cm³/mol. The van der Waals surface area contributed by atoms with E-state index in [4.69, 9.17) is 5.14 Å². The molecule has 1 rings (SSSR count). The van der Waals surface area contributed by atoms with Gasteiger partial charge in [0, 0.05) is 39.3 Å². The zero-order valence-electron chi connectivity index (χ0n) is 14.2. The van der Waals surface area contributed by atoms with E-state index in [0.29, 0.717) is 44.6 Å². The molecular weight excluding hydrogens is 304 g/mol. The Labute approximate surface area is 134 Å². The normalized spacial score (nSPS) is 18.1. The van der Waals surface area contributed by atoms with E-state index in [1.54, 1.807) is 0 Å². The second kappa shape index (κ2) is 8.24. The molecule has 0 bridgehead atoms. The molecule has 0 aromatic rings. The van der Waals surface area contributed by atoms with Gasteiger partial charge in [-0.25, -0.2) is 5.14 Å². The molecule has 0 unspecified atom stereocenters. The summed E-state index contributed by atoms with van der Waals surface area (Å²) in [6.07, 6.45) is 0. The standard InChI is InChI=1S/C14H30N4O3S/c1-12(2)9-17(10-13(3)4)14(19)11-16-5-7-18(8-6-16)22(15,20)21/h12-13H,5-11H2,1-4H3,(H2,15,20,21). The SMILES string of the molecule is CC(C)CN(CC(C)C)C(=O)CN1CCN(S(N)(=O)=O)CC1. The fourth-order valence-corrected chi connectivity index (χ4v) is 3.27. The highest BCUT2D eigenvalue weighted by Gasteiger charge is 2.26. The van der Waals surface area contributed by atoms with Gasteiger partial charge in [0.15, 0.2) is 0 Å². The summed E-state index contributed by atoms with van der Waals surface area (Å²) in [6.45, 7) is 12.0. The van der Waals surface area contributed by atoms with Crippen LogP contribution >= 0.6 is 0 Å². The van der Waals surface area contributed by atoms with E-state index in [9.17, 15) is 13.2 Å². The monoisotopic (exact) mass is 334 g/mol. The van der Waals surface area contributed by atoms with Crippen molar-refractivity contribution in [3.63, 3.8) is 0 Å². The number of nitrogens with two attached hydrogens (primary N) is 1. The number of carbonyl (C=O) groups is 1. The summed E-state index contributed by atoms with van der Waals surface area (Å²) in [6, 6.07) is 0. The lowest BCUT2D eigenvalue weighted by molar-refractivity contribution is -0.133. The molecule has 0 aliphatic carbocycles. The lowest BCUT2D eigenvalue weighted by Gasteiger charge is -2.34. The van der Waals surface area contributed by atoms with Crippen LogP contribution in [0.2, 0.25) is 0 Å². The van der Waals surface area contributed by atoms with Gasteiger partial charge in [-0.05, 0) is 11.8 Å². The molecule has 1 fully saturated rings. The third-order valence-electron chi connectivity index (χ3n) is 3.57. The molecule has 1 saturated heterocycles. The third-order valence-corrected chi connectivity index (χ3v) is 4.66.